The van der Waals surface area contributed by atoms with Crippen LogP contribution in [0.5, 0.6) is 11.5 Å². The standard InChI is InChI=1S/C23H25ClN2O2S2/c1-16(2)10-26(11-17-3-8-21-22(9-17)28-15-27-21)12-19-13-30-23(25-19)14-29-20-6-4-18(24)5-7-20/h3-9,13,16H,10-12,14-15H2,1-2H3. The normalized spacial score (nSPS) is 12.8. The van der Waals surface area contributed by atoms with Crippen molar-refractivity contribution in [2.24, 2.45) is 5.92 Å². The van der Waals surface area contributed by atoms with Gasteiger partial charge in [0.25, 0.3) is 0 Å². The van der Waals surface area contributed by atoms with Crippen molar-refractivity contribution in [3.63, 3.8) is 0 Å². The van der Waals surface area contributed by atoms with Gasteiger partial charge in [-0.25, -0.2) is 4.98 Å². The average molecular weight is 461 g/mol. The molecular formula is C23H25ClN2O2S2. The summed E-state index contributed by atoms with van der Waals surface area (Å²) in [6, 6.07) is 14.2. The third-order valence-electron chi connectivity index (χ3n) is 4.63. The quantitative estimate of drug-likeness (QED) is 0.341. The van der Waals surface area contributed by atoms with Crippen molar-refractivity contribution in [3.8, 4) is 11.5 Å². The van der Waals surface area contributed by atoms with E-state index in [0.29, 0.717) is 12.7 Å². The second-order valence-electron chi connectivity index (χ2n) is 7.73. The summed E-state index contributed by atoms with van der Waals surface area (Å²) in [6.07, 6.45) is 0. The van der Waals surface area contributed by atoms with E-state index in [2.05, 4.69) is 48.4 Å². The molecule has 0 unspecified atom stereocenters. The summed E-state index contributed by atoms with van der Waals surface area (Å²) in [7, 11) is 0. The van der Waals surface area contributed by atoms with E-state index in [1.165, 1.54) is 10.5 Å². The molecule has 2 aromatic carbocycles. The van der Waals surface area contributed by atoms with Crippen LogP contribution < -0.4 is 9.47 Å². The van der Waals surface area contributed by atoms with Crippen molar-refractivity contribution >= 4 is 34.7 Å². The van der Waals surface area contributed by atoms with E-state index in [1.54, 1.807) is 23.1 Å². The minimum atomic E-state index is 0.310. The van der Waals surface area contributed by atoms with Gasteiger partial charge in [0, 0.05) is 34.9 Å². The van der Waals surface area contributed by atoms with Crippen LogP contribution >= 0.6 is 34.7 Å². The van der Waals surface area contributed by atoms with Crippen LogP contribution in [0.2, 0.25) is 5.02 Å². The van der Waals surface area contributed by atoms with Crippen LogP contribution in [0.4, 0.5) is 0 Å². The van der Waals surface area contributed by atoms with E-state index < -0.39 is 0 Å². The van der Waals surface area contributed by atoms with Crippen molar-refractivity contribution in [2.45, 2.75) is 37.6 Å². The molecule has 0 saturated heterocycles. The molecule has 4 rings (SSSR count). The highest BCUT2D eigenvalue weighted by atomic mass is 35.5. The zero-order valence-electron chi connectivity index (χ0n) is 17.1. The number of hydrogen-bond acceptors (Lipinski definition) is 6. The molecule has 1 aromatic heterocycles. The lowest BCUT2D eigenvalue weighted by Crippen LogP contribution is -2.27. The largest absolute Gasteiger partial charge is 0.454 e. The molecule has 30 heavy (non-hydrogen) atoms. The number of fused-ring (bicyclic) bond motifs is 1. The fourth-order valence-corrected chi connectivity index (χ4v) is 5.22. The molecule has 0 saturated carbocycles. The lowest BCUT2D eigenvalue weighted by atomic mass is 10.1. The number of thiazole rings is 1. The molecule has 0 spiro atoms. The van der Waals surface area contributed by atoms with Gasteiger partial charge < -0.3 is 9.47 Å². The number of rotatable bonds is 9. The molecule has 158 valence electrons. The number of nitrogens with zero attached hydrogens (tertiary/aromatic N) is 2. The van der Waals surface area contributed by atoms with Gasteiger partial charge in [-0.1, -0.05) is 31.5 Å². The Morgan fingerprint density at radius 3 is 2.70 bits per heavy atom. The second-order valence-corrected chi connectivity index (χ2v) is 10.2. The van der Waals surface area contributed by atoms with Gasteiger partial charge in [0.2, 0.25) is 6.79 Å². The summed E-state index contributed by atoms with van der Waals surface area (Å²) in [6.45, 7) is 7.53. The average Bonchev–Trinajstić information content (AvgIpc) is 3.36. The number of ether oxygens (including phenoxy) is 2. The van der Waals surface area contributed by atoms with E-state index in [-0.39, 0.29) is 0 Å². The highest BCUT2D eigenvalue weighted by molar-refractivity contribution is 7.98. The monoisotopic (exact) mass is 460 g/mol. The number of benzene rings is 2. The Labute approximate surface area is 191 Å². The highest BCUT2D eigenvalue weighted by Gasteiger charge is 2.16. The molecule has 0 bridgehead atoms. The van der Waals surface area contributed by atoms with E-state index >= 15 is 0 Å². The molecule has 0 fully saturated rings. The van der Waals surface area contributed by atoms with Crippen LogP contribution in [0.3, 0.4) is 0 Å². The molecule has 0 amide bonds. The van der Waals surface area contributed by atoms with Crippen molar-refractivity contribution < 1.29 is 9.47 Å². The molecule has 0 aliphatic carbocycles. The molecule has 0 atom stereocenters. The van der Waals surface area contributed by atoms with Crippen LogP contribution in [0.15, 0.2) is 52.7 Å². The minimum absolute atomic E-state index is 0.310. The minimum Gasteiger partial charge on any atom is -0.454 e. The van der Waals surface area contributed by atoms with Crippen LogP contribution in [-0.2, 0) is 18.8 Å². The number of halogens is 1. The zero-order chi connectivity index (χ0) is 20.9. The maximum absolute atomic E-state index is 5.96. The molecule has 2 heterocycles. The van der Waals surface area contributed by atoms with Crippen molar-refractivity contribution in [1.82, 2.24) is 9.88 Å². The Balaban J connectivity index is 1.37. The third kappa shape index (κ3) is 5.91. The van der Waals surface area contributed by atoms with Gasteiger partial charge in [-0.05, 0) is 47.9 Å². The number of hydrogen-bond donors (Lipinski definition) is 0. The van der Waals surface area contributed by atoms with Crippen molar-refractivity contribution in [1.29, 1.82) is 0 Å². The number of aromatic nitrogens is 1. The van der Waals surface area contributed by atoms with E-state index in [9.17, 15) is 0 Å². The highest BCUT2D eigenvalue weighted by Crippen LogP contribution is 2.33. The predicted octanol–water partition coefficient (Wildman–Crippen LogP) is 6.48. The van der Waals surface area contributed by atoms with Crippen LogP contribution in [-0.4, -0.2) is 23.2 Å². The lowest BCUT2D eigenvalue weighted by Gasteiger charge is -2.23. The smallest absolute Gasteiger partial charge is 0.231 e. The van der Waals surface area contributed by atoms with Gasteiger partial charge in [-0.2, -0.15) is 0 Å². The first-order valence-corrected chi connectivity index (χ1v) is 12.2. The molecular weight excluding hydrogens is 436 g/mol. The van der Waals surface area contributed by atoms with Crippen molar-refractivity contribution in [2.75, 3.05) is 13.3 Å². The van der Waals surface area contributed by atoms with Crippen molar-refractivity contribution in [3.05, 3.63) is 69.1 Å². The fraction of sp³-hybridized carbons (Fsp3) is 0.348. The Kier molecular flexibility index (Phi) is 7.20. The fourth-order valence-electron chi connectivity index (χ4n) is 3.39. The van der Waals surface area contributed by atoms with Gasteiger partial charge in [-0.15, -0.1) is 23.1 Å². The van der Waals surface area contributed by atoms with Gasteiger partial charge in [-0.3, -0.25) is 4.90 Å². The second kappa shape index (κ2) is 10.1. The molecule has 1 aliphatic heterocycles. The third-order valence-corrected chi connectivity index (χ3v) is 6.98. The molecule has 0 radical (unpaired) electrons. The summed E-state index contributed by atoms with van der Waals surface area (Å²) < 4.78 is 11.0. The predicted molar refractivity (Wildman–Crippen MR) is 125 cm³/mol. The van der Waals surface area contributed by atoms with E-state index in [4.69, 9.17) is 26.1 Å². The van der Waals surface area contributed by atoms with Gasteiger partial charge in [0.15, 0.2) is 11.5 Å². The first-order chi connectivity index (χ1) is 14.5. The van der Waals surface area contributed by atoms with Crippen LogP contribution in [0.1, 0.15) is 30.1 Å². The van der Waals surface area contributed by atoms with E-state index in [1.807, 2.05) is 18.2 Å². The Bertz CT molecular complexity index is 976. The molecule has 7 heteroatoms. The lowest BCUT2D eigenvalue weighted by molar-refractivity contribution is 0.174. The molecule has 3 aromatic rings. The molecule has 1 aliphatic rings. The van der Waals surface area contributed by atoms with Gasteiger partial charge in [0.05, 0.1) is 11.4 Å². The number of thioether (sulfide) groups is 1. The SMILES string of the molecule is CC(C)CN(Cc1ccc2c(c1)OCO2)Cc1csc(CSc2ccc(Cl)cc2)n1. The first-order valence-electron chi connectivity index (χ1n) is 9.97. The maximum atomic E-state index is 5.96. The van der Waals surface area contributed by atoms with Crippen LogP contribution in [0.25, 0.3) is 0 Å². The first kappa shape index (κ1) is 21.5. The van der Waals surface area contributed by atoms with Gasteiger partial charge in [0.1, 0.15) is 5.01 Å². The molecule has 4 nitrogen and oxygen atoms in total. The van der Waals surface area contributed by atoms with E-state index in [0.717, 1.165) is 52.6 Å². The summed E-state index contributed by atoms with van der Waals surface area (Å²) in [5.41, 5.74) is 2.36. The van der Waals surface area contributed by atoms with Gasteiger partial charge >= 0.3 is 0 Å². The molecule has 0 N–H and O–H groups in total. The summed E-state index contributed by atoms with van der Waals surface area (Å²) >= 11 is 9.49. The topological polar surface area (TPSA) is 34.6 Å². The zero-order valence-corrected chi connectivity index (χ0v) is 19.5. The summed E-state index contributed by atoms with van der Waals surface area (Å²) in [5, 5.41) is 4.10. The summed E-state index contributed by atoms with van der Waals surface area (Å²) in [4.78, 5) is 8.54. The Morgan fingerprint density at radius 1 is 1.10 bits per heavy atom. The Morgan fingerprint density at radius 2 is 1.90 bits per heavy atom. The Hall–Kier alpha value is -1.73. The summed E-state index contributed by atoms with van der Waals surface area (Å²) in [5.74, 6) is 3.12. The maximum Gasteiger partial charge on any atom is 0.231 e. The van der Waals surface area contributed by atoms with Crippen LogP contribution in [0, 0.1) is 5.92 Å².